The molecule has 2 atom stereocenters. The molecule has 0 aromatic heterocycles. The first kappa shape index (κ1) is 10.2. The minimum atomic E-state index is -2.89. The van der Waals surface area contributed by atoms with Crippen LogP contribution in [0.3, 0.4) is 0 Å². The maximum absolute atomic E-state index is 11.5. The molecule has 1 aliphatic heterocycles. The van der Waals surface area contributed by atoms with Crippen LogP contribution >= 0.6 is 0 Å². The Hall–Kier alpha value is -1.28. The molecule has 80 valence electrons. The molecule has 1 heterocycles. The van der Waals surface area contributed by atoms with Crippen LogP contribution in [-0.4, -0.2) is 24.8 Å². The first-order valence-electron chi connectivity index (χ1n) is 3.99. The third kappa shape index (κ3) is 1.65. The van der Waals surface area contributed by atoms with Crippen molar-refractivity contribution in [2.24, 2.45) is 0 Å². The van der Waals surface area contributed by atoms with Gasteiger partial charge in [0.1, 0.15) is 11.4 Å². The molecule has 1 aromatic carbocycles. The molecule has 1 aromatic rings. The number of nitrogens with zero attached hydrogens (tertiary/aromatic N) is 1. The van der Waals surface area contributed by atoms with Gasteiger partial charge in [-0.15, -0.1) is 0 Å². The van der Waals surface area contributed by atoms with Gasteiger partial charge in [-0.25, -0.2) is 4.21 Å². The van der Waals surface area contributed by atoms with E-state index in [9.17, 15) is 18.7 Å². The standard InChI is InChI=1S/C8H7NO5S/c10-7-5-3-1-2-4-6(5)8(11)9(7)14-15(12)13/h1-4,7,10H,(H,12,13)/p-1. The number of carbonyl (C=O) groups is 1. The zero-order valence-corrected chi connectivity index (χ0v) is 8.14. The van der Waals surface area contributed by atoms with Gasteiger partial charge >= 0.3 is 0 Å². The largest absolute Gasteiger partial charge is 0.748 e. The predicted molar refractivity (Wildman–Crippen MR) is 47.6 cm³/mol. The van der Waals surface area contributed by atoms with E-state index in [1.54, 1.807) is 12.1 Å². The van der Waals surface area contributed by atoms with E-state index >= 15 is 0 Å². The van der Waals surface area contributed by atoms with E-state index in [0.29, 0.717) is 10.6 Å². The average molecular weight is 228 g/mol. The van der Waals surface area contributed by atoms with Gasteiger partial charge in [0.05, 0.1) is 0 Å². The van der Waals surface area contributed by atoms with Gasteiger partial charge in [0, 0.05) is 11.1 Å². The summed E-state index contributed by atoms with van der Waals surface area (Å²) in [6.07, 6.45) is -1.38. The number of aliphatic hydroxyl groups is 1. The van der Waals surface area contributed by atoms with Crippen molar-refractivity contribution in [2.75, 3.05) is 0 Å². The second-order valence-corrected chi connectivity index (χ2v) is 3.43. The van der Waals surface area contributed by atoms with Crippen molar-refractivity contribution in [1.29, 1.82) is 0 Å². The van der Waals surface area contributed by atoms with Crippen LogP contribution in [0.2, 0.25) is 0 Å². The fraction of sp³-hybridized carbons (Fsp3) is 0.125. The van der Waals surface area contributed by atoms with E-state index < -0.39 is 23.5 Å². The number of hydrogen-bond donors (Lipinski definition) is 1. The van der Waals surface area contributed by atoms with Crippen molar-refractivity contribution in [3.05, 3.63) is 35.4 Å². The molecule has 7 heteroatoms. The van der Waals surface area contributed by atoms with Gasteiger partial charge in [-0.3, -0.25) is 4.79 Å². The molecule has 0 saturated heterocycles. The second-order valence-electron chi connectivity index (χ2n) is 2.87. The second kappa shape index (κ2) is 3.70. The molecule has 0 bridgehead atoms. The Bertz CT molecular complexity index is 435. The number of amides is 1. The number of benzene rings is 1. The summed E-state index contributed by atoms with van der Waals surface area (Å²) in [7, 11) is 0. The lowest BCUT2D eigenvalue weighted by atomic mass is 10.1. The summed E-state index contributed by atoms with van der Waals surface area (Å²) in [5, 5.41) is 9.98. The number of hydrogen-bond acceptors (Lipinski definition) is 5. The Morgan fingerprint density at radius 1 is 1.47 bits per heavy atom. The number of rotatable bonds is 2. The minimum absolute atomic E-state index is 0.232. The fourth-order valence-corrected chi connectivity index (χ4v) is 1.69. The summed E-state index contributed by atoms with van der Waals surface area (Å²) in [5.74, 6) is -0.678. The Morgan fingerprint density at radius 2 is 2.13 bits per heavy atom. The molecule has 6 nitrogen and oxygen atoms in total. The van der Waals surface area contributed by atoms with Crippen LogP contribution in [-0.2, 0) is 15.6 Å². The first-order chi connectivity index (χ1) is 7.11. The van der Waals surface area contributed by atoms with Crippen LogP contribution in [0.25, 0.3) is 0 Å². The smallest absolute Gasteiger partial charge is 0.281 e. The van der Waals surface area contributed by atoms with E-state index in [4.69, 9.17) is 0 Å². The summed E-state index contributed by atoms with van der Waals surface area (Å²) < 4.78 is 24.7. The molecule has 0 radical (unpaired) electrons. The maximum atomic E-state index is 11.5. The van der Waals surface area contributed by atoms with Crippen LogP contribution < -0.4 is 0 Å². The zero-order chi connectivity index (χ0) is 11.0. The summed E-state index contributed by atoms with van der Waals surface area (Å²) >= 11 is -2.89. The number of hydroxylamine groups is 2. The highest BCUT2D eigenvalue weighted by molar-refractivity contribution is 7.74. The molecular formula is C8H6NO5S-. The molecule has 0 fully saturated rings. The predicted octanol–water partition coefficient (Wildman–Crippen LogP) is -0.141. The highest BCUT2D eigenvalue weighted by Gasteiger charge is 2.36. The Morgan fingerprint density at radius 3 is 2.73 bits per heavy atom. The highest BCUT2D eigenvalue weighted by Crippen LogP contribution is 2.31. The van der Waals surface area contributed by atoms with Gasteiger partial charge in [0.25, 0.3) is 5.91 Å². The molecule has 0 aliphatic carbocycles. The van der Waals surface area contributed by atoms with Crippen LogP contribution in [0, 0.1) is 0 Å². The zero-order valence-electron chi connectivity index (χ0n) is 7.32. The lowest BCUT2D eigenvalue weighted by Crippen LogP contribution is -2.28. The van der Waals surface area contributed by atoms with Crippen molar-refractivity contribution in [3.63, 3.8) is 0 Å². The van der Waals surface area contributed by atoms with Crippen molar-refractivity contribution >= 4 is 17.3 Å². The Labute approximate surface area is 87.5 Å². The Balaban J connectivity index is 2.36. The van der Waals surface area contributed by atoms with Crippen molar-refractivity contribution in [1.82, 2.24) is 5.06 Å². The third-order valence-corrected chi connectivity index (χ3v) is 2.32. The molecule has 1 N–H and O–H groups in total. The van der Waals surface area contributed by atoms with Crippen molar-refractivity contribution < 1.29 is 22.9 Å². The van der Waals surface area contributed by atoms with E-state index in [-0.39, 0.29) is 5.56 Å². The quantitative estimate of drug-likeness (QED) is 0.711. The number of aliphatic hydroxyl groups excluding tert-OH is 1. The average Bonchev–Trinajstić information content (AvgIpc) is 2.44. The van der Waals surface area contributed by atoms with Gasteiger partial charge in [-0.1, -0.05) is 18.2 Å². The van der Waals surface area contributed by atoms with Gasteiger partial charge in [0.15, 0.2) is 6.23 Å². The van der Waals surface area contributed by atoms with Crippen molar-refractivity contribution in [2.45, 2.75) is 6.23 Å². The molecular weight excluding hydrogens is 222 g/mol. The lowest BCUT2D eigenvalue weighted by molar-refractivity contribution is -0.126. The molecule has 1 amide bonds. The van der Waals surface area contributed by atoms with Gasteiger partial charge in [-0.05, 0) is 6.07 Å². The third-order valence-electron chi connectivity index (χ3n) is 2.03. The minimum Gasteiger partial charge on any atom is -0.748 e. The summed E-state index contributed by atoms with van der Waals surface area (Å²) in [4.78, 5) is 11.5. The van der Waals surface area contributed by atoms with Gasteiger partial charge in [0.2, 0.25) is 0 Å². The van der Waals surface area contributed by atoms with E-state index in [2.05, 4.69) is 4.28 Å². The SMILES string of the molecule is O=C1c2ccccc2C(O)N1OS(=O)[O-]. The van der Waals surface area contributed by atoms with Gasteiger partial charge < -0.3 is 9.66 Å². The Kier molecular flexibility index (Phi) is 2.53. The molecule has 1 aliphatic rings. The number of fused-ring (bicyclic) bond motifs is 1. The van der Waals surface area contributed by atoms with Crippen LogP contribution in [0.1, 0.15) is 22.1 Å². The van der Waals surface area contributed by atoms with Crippen LogP contribution in [0.4, 0.5) is 0 Å². The number of carbonyl (C=O) groups excluding carboxylic acids is 1. The molecule has 2 unspecified atom stereocenters. The van der Waals surface area contributed by atoms with Crippen molar-refractivity contribution in [3.8, 4) is 0 Å². The summed E-state index contributed by atoms with van der Waals surface area (Å²) in [5.41, 5.74) is 0.559. The van der Waals surface area contributed by atoms with E-state index in [1.807, 2.05) is 0 Å². The van der Waals surface area contributed by atoms with E-state index in [1.165, 1.54) is 12.1 Å². The lowest BCUT2D eigenvalue weighted by Gasteiger charge is -2.19. The molecule has 15 heavy (non-hydrogen) atoms. The van der Waals surface area contributed by atoms with Gasteiger partial charge in [-0.2, -0.15) is 9.35 Å². The normalized spacial score (nSPS) is 21.6. The van der Waals surface area contributed by atoms with E-state index in [0.717, 1.165) is 0 Å². The first-order valence-corrected chi connectivity index (χ1v) is 4.99. The van der Waals surface area contributed by atoms with Crippen LogP contribution in [0.5, 0.6) is 0 Å². The molecule has 2 rings (SSSR count). The topological polar surface area (TPSA) is 89.9 Å². The molecule has 0 spiro atoms. The molecule has 0 saturated carbocycles. The highest BCUT2D eigenvalue weighted by atomic mass is 32.2. The summed E-state index contributed by atoms with van der Waals surface area (Å²) in [6.45, 7) is 0. The maximum Gasteiger partial charge on any atom is 0.281 e. The summed E-state index contributed by atoms with van der Waals surface area (Å²) in [6, 6.07) is 6.25. The van der Waals surface area contributed by atoms with Crippen LogP contribution in [0.15, 0.2) is 24.3 Å². The fourth-order valence-electron chi connectivity index (χ4n) is 1.41. The monoisotopic (exact) mass is 228 g/mol.